The van der Waals surface area contributed by atoms with Crippen LogP contribution in [0.25, 0.3) is 11.3 Å². The molecule has 1 aromatic carbocycles. The smallest absolute Gasteiger partial charge is 0.433 e. The SMILES string of the molecule is CCN=c1scc(-c2cc(OC)c(OC)c(OC)c2)n1N=Cc1ccc([N+](=O)[O-])o1. The molecular formula is C19H20N4O6S. The van der Waals surface area contributed by atoms with Gasteiger partial charge in [-0.2, -0.15) is 5.10 Å². The number of hydrogen-bond donors (Lipinski definition) is 0. The molecule has 0 aliphatic carbocycles. The normalized spacial score (nSPS) is 11.8. The van der Waals surface area contributed by atoms with Gasteiger partial charge in [-0.25, -0.2) is 4.68 Å². The minimum absolute atomic E-state index is 0.249. The molecule has 0 radical (unpaired) electrons. The van der Waals surface area contributed by atoms with Crippen molar-refractivity contribution >= 4 is 23.4 Å². The van der Waals surface area contributed by atoms with E-state index in [1.54, 1.807) is 18.9 Å². The molecule has 0 saturated heterocycles. The molecule has 10 nitrogen and oxygen atoms in total. The second-order valence-electron chi connectivity index (χ2n) is 5.78. The minimum Gasteiger partial charge on any atom is -0.493 e. The van der Waals surface area contributed by atoms with Gasteiger partial charge in [-0.1, -0.05) is 0 Å². The zero-order valence-corrected chi connectivity index (χ0v) is 17.6. The monoisotopic (exact) mass is 432 g/mol. The van der Waals surface area contributed by atoms with Gasteiger partial charge in [-0.15, -0.1) is 11.3 Å². The summed E-state index contributed by atoms with van der Waals surface area (Å²) in [7, 11) is 4.63. The van der Waals surface area contributed by atoms with E-state index in [4.69, 9.17) is 18.6 Å². The molecule has 0 bridgehead atoms. The fraction of sp³-hybridized carbons (Fsp3) is 0.263. The Kier molecular flexibility index (Phi) is 6.52. The Labute approximate surface area is 175 Å². The van der Waals surface area contributed by atoms with Crippen molar-refractivity contribution < 1.29 is 23.6 Å². The lowest BCUT2D eigenvalue weighted by atomic mass is 10.1. The molecule has 0 saturated carbocycles. The number of furan rings is 1. The lowest BCUT2D eigenvalue weighted by Gasteiger charge is -2.14. The summed E-state index contributed by atoms with van der Waals surface area (Å²) < 4.78 is 23.0. The first-order chi connectivity index (χ1) is 14.5. The Morgan fingerprint density at radius 3 is 2.43 bits per heavy atom. The summed E-state index contributed by atoms with van der Waals surface area (Å²) in [4.78, 5) is 15.3. The predicted molar refractivity (Wildman–Crippen MR) is 112 cm³/mol. The van der Waals surface area contributed by atoms with E-state index >= 15 is 0 Å². The maximum absolute atomic E-state index is 10.8. The van der Waals surface area contributed by atoms with Crippen molar-refractivity contribution in [3.05, 3.63) is 50.3 Å². The molecule has 0 amide bonds. The Hall–Kier alpha value is -3.60. The number of nitrogens with zero attached hydrogens (tertiary/aromatic N) is 4. The number of rotatable bonds is 8. The quantitative estimate of drug-likeness (QED) is 0.306. The lowest BCUT2D eigenvalue weighted by molar-refractivity contribution is -0.402. The van der Waals surface area contributed by atoms with Gasteiger partial charge < -0.3 is 18.6 Å². The zero-order valence-electron chi connectivity index (χ0n) is 16.8. The summed E-state index contributed by atoms with van der Waals surface area (Å²) in [5, 5.41) is 17.2. The van der Waals surface area contributed by atoms with Crippen LogP contribution in [0.2, 0.25) is 0 Å². The van der Waals surface area contributed by atoms with Crippen molar-refractivity contribution in [3.63, 3.8) is 0 Å². The first kappa shape index (κ1) is 21.1. The predicted octanol–water partition coefficient (Wildman–Crippen LogP) is 3.55. The van der Waals surface area contributed by atoms with Gasteiger partial charge in [0, 0.05) is 17.5 Å². The van der Waals surface area contributed by atoms with Crippen LogP contribution in [0, 0.1) is 10.1 Å². The molecule has 11 heteroatoms. The molecule has 0 aliphatic heterocycles. The van der Waals surface area contributed by atoms with E-state index in [0.29, 0.717) is 28.6 Å². The molecular weight excluding hydrogens is 412 g/mol. The third kappa shape index (κ3) is 4.20. The Bertz CT molecular complexity index is 1120. The second kappa shape index (κ2) is 9.27. The highest BCUT2D eigenvalue weighted by Gasteiger charge is 2.17. The fourth-order valence-electron chi connectivity index (χ4n) is 2.71. The molecule has 2 heterocycles. The number of benzene rings is 1. The van der Waals surface area contributed by atoms with Crippen molar-refractivity contribution in [1.29, 1.82) is 0 Å². The number of aromatic nitrogens is 1. The highest BCUT2D eigenvalue weighted by molar-refractivity contribution is 7.07. The molecule has 0 aliphatic rings. The summed E-state index contributed by atoms with van der Waals surface area (Å²) >= 11 is 1.41. The Morgan fingerprint density at radius 2 is 1.90 bits per heavy atom. The minimum atomic E-state index is -0.603. The molecule has 30 heavy (non-hydrogen) atoms. The van der Waals surface area contributed by atoms with Gasteiger partial charge in [-0.3, -0.25) is 15.1 Å². The number of thiazole rings is 1. The largest absolute Gasteiger partial charge is 0.493 e. The maximum atomic E-state index is 10.8. The third-order valence-electron chi connectivity index (χ3n) is 4.03. The van der Waals surface area contributed by atoms with Gasteiger partial charge in [-0.05, 0) is 25.1 Å². The van der Waals surface area contributed by atoms with Gasteiger partial charge in [0.05, 0.1) is 39.3 Å². The van der Waals surface area contributed by atoms with Gasteiger partial charge in [0.2, 0.25) is 10.6 Å². The Balaban J connectivity index is 2.12. The van der Waals surface area contributed by atoms with Crippen molar-refractivity contribution in [1.82, 2.24) is 4.68 Å². The van der Waals surface area contributed by atoms with E-state index < -0.39 is 4.92 Å². The van der Waals surface area contributed by atoms with E-state index in [1.165, 1.54) is 36.8 Å². The zero-order chi connectivity index (χ0) is 21.7. The first-order valence-corrected chi connectivity index (χ1v) is 9.70. The molecule has 3 aromatic rings. The average molecular weight is 432 g/mol. The van der Waals surface area contributed by atoms with Crippen LogP contribution in [0.5, 0.6) is 17.2 Å². The molecule has 0 atom stereocenters. The molecule has 0 spiro atoms. The van der Waals surface area contributed by atoms with Gasteiger partial charge in [0.25, 0.3) is 0 Å². The van der Waals surface area contributed by atoms with E-state index in [1.807, 2.05) is 24.4 Å². The first-order valence-electron chi connectivity index (χ1n) is 8.82. The van der Waals surface area contributed by atoms with Crippen LogP contribution in [-0.4, -0.2) is 43.7 Å². The van der Waals surface area contributed by atoms with Crippen LogP contribution in [0.3, 0.4) is 0 Å². The molecule has 2 aromatic heterocycles. The van der Waals surface area contributed by atoms with Crippen molar-refractivity contribution in [2.24, 2.45) is 10.1 Å². The highest BCUT2D eigenvalue weighted by Crippen LogP contribution is 2.41. The Morgan fingerprint density at radius 1 is 1.20 bits per heavy atom. The molecule has 3 rings (SSSR count). The average Bonchev–Trinajstić information content (AvgIpc) is 3.38. The maximum Gasteiger partial charge on any atom is 0.433 e. The topological polar surface area (TPSA) is 114 Å². The summed E-state index contributed by atoms with van der Waals surface area (Å²) in [6.07, 6.45) is 1.40. The van der Waals surface area contributed by atoms with Gasteiger partial charge in [0.15, 0.2) is 17.3 Å². The van der Waals surface area contributed by atoms with Crippen LogP contribution in [0.15, 0.2) is 44.2 Å². The molecule has 0 N–H and O–H groups in total. The molecule has 158 valence electrons. The van der Waals surface area contributed by atoms with Crippen LogP contribution >= 0.6 is 11.3 Å². The second-order valence-corrected chi connectivity index (χ2v) is 6.62. The number of methoxy groups -OCH3 is 3. The van der Waals surface area contributed by atoms with E-state index in [2.05, 4.69) is 10.1 Å². The number of ether oxygens (including phenoxy) is 3. The van der Waals surface area contributed by atoms with Crippen LogP contribution in [-0.2, 0) is 0 Å². The van der Waals surface area contributed by atoms with Crippen LogP contribution < -0.4 is 19.0 Å². The van der Waals surface area contributed by atoms with Crippen molar-refractivity contribution in [2.75, 3.05) is 27.9 Å². The summed E-state index contributed by atoms with van der Waals surface area (Å²) in [6, 6.07) is 6.37. The standard InChI is InChI=1S/C19H20N4O6S/c1-5-20-19-22(21-10-13-6-7-17(29-13)23(24)25)14(11-30-19)12-8-15(26-2)18(28-4)16(9-12)27-3/h6-11H,5H2,1-4H3. The van der Waals surface area contributed by atoms with Crippen LogP contribution in [0.1, 0.15) is 12.7 Å². The molecule has 0 fully saturated rings. The van der Waals surface area contributed by atoms with Crippen molar-refractivity contribution in [2.45, 2.75) is 6.92 Å². The third-order valence-corrected chi connectivity index (χ3v) is 4.89. The van der Waals surface area contributed by atoms with Crippen LogP contribution in [0.4, 0.5) is 5.88 Å². The van der Waals surface area contributed by atoms with Crippen molar-refractivity contribution in [3.8, 4) is 28.5 Å². The molecule has 0 unspecified atom stereocenters. The summed E-state index contributed by atoms with van der Waals surface area (Å²) in [6.45, 7) is 2.49. The van der Waals surface area contributed by atoms with E-state index in [9.17, 15) is 10.1 Å². The fourth-order valence-corrected chi connectivity index (χ4v) is 3.61. The van der Waals surface area contributed by atoms with Gasteiger partial charge in [0.1, 0.15) is 4.92 Å². The number of hydrogen-bond acceptors (Lipinski definition) is 9. The number of nitro groups is 1. The summed E-state index contributed by atoms with van der Waals surface area (Å²) in [5.41, 5.74) is 1.49. The summed E-state index contributed by atoms with van der Waals surface area (Å²) in [5.74, 6) is 1.39. The van der Waals surface area contributed by atoms with E-state index in [0.717, 1.165) is 11.3 Å². The van der Waals surface area contributed by atoms with E-state index in [-0.39, 0.29) is 11.6 Å². The highest BCUT2D eigenvalue weighted by atomic mass is 32.1. The lowest BCUT2D eigenvalue weighted by Crippen LogP contribution is -2.12. The van der Waals surface area contributed by atoms with Gasteiger partial charge >= 0.3 is 5.88 Å².